The standard InChI is InChI=1S/C23H20F7N3O5/c24-13-6-15-11(5-12(13)22(25,26)27)14(34)7-16(38-15)18(35)33-21-8-20(9-21,10-21)17-1-2-31-19(32-17)36-3-4-37-23(28,29)30/h1-2,5-6,14,16,34H,3-4,7-10H2,(H,33,35)/t14-,16-,20?,21?/m1/s1. The van der Waals surface area contributed by atoms with E-state index in [-0.39, 0.29) is 29.2 Å². The largest absolute Gasteiger partial charge is 0.522 e. The zero-order valence-electron chi connectivity index (χ0n) is 19.3. The van der Waals surface area contributed by atoms with Gasteiger partial charge in [0, 0.05) is 35.2 Å². The third-order valence-electron chi connectivity index (χ3n) is 6.94. The van der Waals surface area contributed by atoms with E-state index < -0.39 is 60.8 Å². The number of alkyl halides is 6. The molecule has 3 fully saturated rings. The number of aromatic nitrogens is 2. The molecule has 3 saturated carbocycles. The Kier molecular flexibility index (Phi) is 6.21. The van der Waals surface area contributed by atoms with Crippen molar-refractivity contribution < 1.29 is 54.8 Å². The van der Waals surface area contributed by atoms with Crippen LogP contribution >= 0.6 is 0 Å². The van der Waals surface area contributed by atoms with E-state index in [1.807, 2.05) is 0 Å². The van der Waals surface area contributed by atoms with Gasteiger partial charge in [0.25, 0.3) is 5.91 Å². The molecule has 2 atom stereocenters. The molecule has 0 spiro atoms. The molecular weight excluding hydrogens is 531 g/mol. The number of hydrogen-bond donors (Lipinski definition) is 2. The van der Waals surface area contributed by atoms with E-state index in [0.29, 0.717) is 37.1 Å². The predicted octanol–water partition coefficient (Wildman–Crippen LogP) is 3.72. The molecule has 0 radical (unpaired) electrons. The molecule has 4 aliphatic rings. The van der Waals surface area contributed by atoms with Gasteiger partial charge in [0.15, 0.2) is 6.10 Å². The number of rotatable bonds is 7. The second kappa shape index (κ2) is 8.93. The Morgan fingerprint density at radius 3 is 2.53 bits per heavy atom. The predicted molar refractivity (Wildman–Crippen MR) is 111 cm³/mol. The molecule has 0 unspecified atom stereocenters. The zero-order valence-corrected chi connectivity index (χ0v) is 19.3. The van der Waals surface area contributed by atoms with Gasteiger partial charge in [-0.25, -0.2) is 9.37 Å². The topological polar surface area (TPSA) is 103 Å². The van der Waals surface area contributed by atoms with Crippen molar-refractivity contribution in [3.63, 3.8) is 0 Å². The number of ether oxygens (including phenoxy) is 3. The Morgan fingerprint density at radius 1 is 1.16 bits per heavy atom. The molecule has 15 heteroatoms. The quantitative estimate of drug-likeness (QED) is 0.400. The third kappa shape index (κ3) is 4.96. The SMILES string of the molecule is O=C(NC12CC(c3ccnc(OCCOC(F)(F)F)n3)(C1)C2)[C@H]1C[C@@H](O)c2cc(C(F)(F)F)c(F)cc2O1. The van der Waals surface area contributed by atoms with E-state index in [1.54, 1.807) is 6.07 Å². The molecule has 1 aromatic carbocycles. The Bertz CT molecular complexity index is 1230. The highest BCUT2D eigenvalue weighted by atomic mass is 19.4. The van der Waals surface area contributed by atoms with E-state index >= 15 is 0 Å². The lowest BCUT2D eigenvalue weighted by Crippen LogP contribution is -2.77. The minimum atomic E-state index is -4.95. The summed E-state index contributed by atoms with van der Waals surface area (Å²) in [7, 11) is 0. The van der Waals surface area contributed by atoms with Crippen LogP contribution in [0.2, 0.25) is 0 Å². The molecule has 1 aliphatic heterocycles. The summed E-state index contributed by atoms with van der Waals surface area (Å²) in [6.07, 6.45) is -9.84. The van der Waals surface area contributed by atoms with Crippen molar-refractivity contribution in [1.82, 2.24) is 15.3 Å². The van der Waals surface area contributed by atoms with Crippen LogP contribution in [0.5, 0.6) is 11.8 Å². The Balaban J connectivity index is 1.17. The number of aliphatic hydroxyl groups is 1. The van der Waals surface area contributed by atoms with Crippen molar-refractivity contribution in [3.8, 4) is 11.8 Å². The fraction of sp³-hybridized carbons (Fsp3) is 0.522. The fourth-order valence-electron chi connectivity index (χ4n) is 5.37. The average Bonchev–Trinajstić information content (AvgIpc) is 2.76. The van der Waals surface area contributed by atoms with Crippen LogP contribution in [0, 0.1) is 5.82 Å². The minimum Gasteiger partial charge on any atom is -0.480 e. The number of nitrogens with zero attached hydrogens (tertiary/aromatic N) is 2. The molecule has 38 heavy (non-hydrogen) atoms. The maximum Gasteiger partial charge on any atom is 0.522 e. The monoisotopic (exact) mass is 551 g/mol. The van der Waals surface area contributed by atoms with Gasteiger partial charge in [-0.1, -0.05) is 0 Å². The highest BCUT2D eigenvalue weighted by Crippen LogP contribution is 2.67. The van der Waals surface area contributed by atoms with Crippen molar-refractivity contribution in [3.05, 3.63) is 47.0 Å². The van der Waals surface area contributed by atoms with Crippen LogP contribution in [0.4, 0.5) is 30.7 Å². The first-order chi connectivity index (χ1) is 17.7. The molecule has 2 heterocycles. The number of nitrogens with one attached hydrogen (secondary N) is 1. The number of hydrogen-bond acceptors (Lipinski definition) is 7. The van der Waals surface area contributed by atoms with E-state index in [1.165, 1.54) is 6.20 Å². The Labute approximate surface area is 210 Å². The lowest BCUT2D eigenvalue weighted by Gasteiger charge is -2.70. The lowest BCUT2D eigenvalue weighted by molar-refractivity contribution is -0.325. The molecule has 206 valence electrons. The molecule has 1 amide bonds. The summed E-state index contributed by atoms with van der Waals surface area (Å²) >= 11 is 0. The van der Waals surface area contributed by atoms with Crippen molar-refractivity contribution in [2.75, 3.05) is 13.2 Å². The summed E-state index contributed by atoms with van der Waals surface area (Å²) in [5, 5.41) is 13.2. The normalized spacial score (nSPS) is 27.9. The summed E-state index contributed by atoms with van der Waals surface area (Å²) < 4.78 is 103. The van der Waals surface area contributed by atoms with Crippen molar-refractivity contribution >= 4 is 5.91 Å². The molecule has 0 saturated heterocycles. The van der Waals surface area contributed by atoms with E-state index in [4.69, 9.17) is 9.47 Å². The summed E-state index contributed by atoms with van der Waals surface area (Å²) in [5.41, 5.74) is -2.14. The van der Waals surface area contributed by atoms with Crippen LogP contribution in [0.15, 0.2) is 24.4 Å². The van der Waals surface area contributed by atoms with Crippen LogP contribution in [-0.2, 0) is 21.1 Å². The smallest absolute Gasteiger partial charge is 0.480 e. The number of fused-ring (bicyclic) bond motifs is 1. The van der Waals surface area contributed by atoms with Crippen LogP contribution in [0.25, 0.3) is 0 Å². The van der Waals surface area contributed by atoms with E-state index in [2.05, 4.69) is 20.0 Å². The minimum absolute atomic E-state index is 0.111. The maximum atomic E-state index is 14.0. The number of carbonyl (C=O) groups excluding carboxylic acids is 1. The zero-order chi connectivity index (χ0) is 27.5. The van der Waals surface area contributed by atoms with Gasteiger partial charge in [-0.15, -0.1) is 13.2 Å². The summed E-state index contributed by atoms with van der Waals surface area (Å²) in [4.78, 5) is 21.0. The first-order valence-electron chi connectivity index (χ1n) is 11.4. The van der Waals surface area contributed by atoms with E-state index in [9.17, 15) is 40.6 Å². The van der Waals surface area contributed by atoms with E-state index in [0.717, 1.165) is 0 Å². The first kappa shape index (κ1) is 26.4. The summed E-state index contributed by atoms with van der Waals surface area (Å²) in [6.45, 7) is -1.14. The van der Waals surface area contributed by atoms with Crippen LogP contribution < -0.4 is 14.8 Å². The first-order valence-corrected chi connectivity index (χ1v) is 11.4. The van der Waals surface area contributed by atoms with Gasteiger partial charge in [0.1, 0.15) is 18.2 Å². The summed E-state index contributed by atoms with van der Waals surface area (Å²) in [5.74, 6) is -2.51. The molecule has 2 bridgehead atoms. The van der Waals surface area contributed by atoms with Gasteiger partial charge >= 0.3 is 18.5 Å². The second-order valence-corrected chi connectivity index (χ2v) is 9.67. The van der Waals surface area contributed by atoms with Gasteiger partial charge in [-0.05, 0) is 31.4 Å². The summed E-state index contributed by atoms with van der Waals surface area (Å²) in [6, 6.07) is 2.53. The molecule has 8 nitrogen and oxygen atoms in total. The molecule has 3 aliphatic carbocycles. The second-order valence-electron chi connectivity index (χ2n) is 9.67. The molecule has 1 aromatic heterocycles. The van der Waals surface area contributed by atoms with Gasteiger partial charge < -0.3 is 19.9 Å². The molecule has 2 N–H and O–H groups in total. The molecular formula is C23H20F7N3O5. The lowest BCUT2D eigenvalue weighted by atomic mass is 9.38. The highest BCUT2D eigenvalue weighted by Gasteiger charge is 2.70. The number of amides is 1. The number of aliphatic hydroxyl groups excluding tert-OH is 1. The number of halogens is 7. The highest BCUT2D eigenvalue weighted by molar-refractivity contribution is 5.83. The van der Waals surface area contributed by atoms with Gasteiger partial charge in [-0.3, -0.25) is 9.53 Å². The Hall–Kier alpha value is -3.20. The van der Waals surface area contributed by atoms with Crippen molar-refractivity contribution in [1.29, 1.82) is 0 Å². The molecule has 2 aromatic rings. The number of carbonyl (C=O) groups is 1. The van der Waals surface area contributed by atoms with Gasteiger partial charge in [0.05, 0.1) is 24.0 Å². The Morgan fingerprint density at radius 2 is 1.87 bits per heavy atom. The number of benzene rings is 1. The third-order valence-corrected chi connectivity index (χ3v) is 6.94. The van der Waals surface area contributed by atoms with Crippen LogP contribution in [0.1, 0.15) is 48.6 Å². The fourth-order valence-corrected chi connectivity index (χ4v) is 5.37. The average molecular weight is 551 g/mol. The van der Waals surface area contributed by atoms with Crippen LogP contribution in [0.3, 0.4) is 0 Å². The van der Waals surface area contributed by atoms with Crippen molar-refractivity contribution in [2.45, 2.75) is 61.4 Å². The van der Waals surface area contributed by atoms with Gasteiger partial charge in [0.2, 0.25) is 0 Å². The van der Waals surface area contributed by atoms with Crippen molar-refractivity contribution in [2.24, 2.45) is 0 Å². The molecule has 6 rings (SSSR count). The van der Waals surface area contributed by atoms with Gasteiger partial charge in [-0.2, -0.15) is 18.2 Å². The maximum absolute atomic E-state index is 14.0. The van der Waals surface area contributed by atoms with Crippen LogP contribution in [-0.4, -0.2) is 52.2 Å².